The lowest BCUT2D eigenvalue weighted by atomic mass is 9.84. The summed E-state index contributed by atoms with van der Waals surface area (Å²) in [6.07, 6.45) is 4.59. The third-order valence-corrected chi connectivity index (χ3v) is 7.10. The van der Waals surface area contributed by atoms with Crippen LogP contribution in [0.5, 0.6) is 0 Å². The van der Waals surface area contributed by atoms with Crippen molar-refractivity contribution in [3.63, 3.8) is 0 Å². The van der Waals surface area contributed by atoms with Gasteiger partial charge in [0.25, 0.3) is 0 Å². The number of amides is 2. The molecular weight excluding hydrogens is 366 g/mol. The Morgan fingerprint density at radius 2 is 2.07 bits per heavy atom. The predicted octanol–water partition coefficient (Wildman–Crippen LogP) is 2.75. The van der Waals surface area contributed by atoms with Gasteiger partial charge < -0.3 is 19.5 Å². The highest BCUT2D eigenvalue weighted by atomic mass is 16.5. The number of carbonyl (C=O) groups excluding carboxylic acids is 2. The number of carbonyl (C=O) groups is 2. The maximum atomic E-state index is 13.4. The number of benzene rings is 1. The van der Waals surface area contributed by atoms with Gasteiger partial charge in [0.05, 0.1) is 11.5 Å². The van der Waals surface area contributed by atoms with Gasteiger partial charge in [-0.2, -0.15) is 0 Å². The first-order valence-corrected chi connectivity index (χ1v) is 10.7. The van der Waals surface area contributed by atoms with Crippen LogP contribution in [0, 0.1) is 6.92 Å². The van der Waals surface area contributed by atoms with E-state index < -0.39 is 0 Å². The van der Waals surface area contributed by atoms with Crippen LogP contribution in [-0.2, 0) is 20.7 Å². The van der Waals surface area contributed by atoms with Crippen LogP contribution in [-0.4, -0.2) is 65.5 Å². The smallest absolute Gasteiger partial charge is 0.248 e. The van der Waals surface area contributed by atoms with Crippen molar-refractivity contribution >= 4 is 22.7 Å². The number of aromatic amines is 1. The Labute approximate surface area is 171 Å². The second kappa shape index (κ2) is 6.87. The Bertz CT molecular complexity index is 971. The Morgan fingerprint density at radius 3 is 2.83 bits per heavy atom. The minimum absolute atomic E-state index is 0.0397. The summed E-state index contributed by atoms with van der Waals surface area (Å²) in [6, 6.07) is 6.49. The molecule has 1 unspecified atom stereocenters. The van der Waals surface area contributed by atoms with Crippen LogP contribution in [0.2, 0.25) is 0 Å². The minimum atomic E-state index is -0.282. The van der Waals surface area contributed by atoms with Crippen LogP contribution in [0.1, 0.15) is 48.4 Å². The number of likely N-dealkylation sites (tertiary alicyclic amines) is 1. The number of morpholine rings is 1. The zero-order valence-corrected chi connectivity index (χ0v) is 17.3. The zero-order valence-electron chi connectivity index (χ0n) is 17.3. The van der Waals surface area contributed by atoms with Gasteiger partial charge in [0.2, 0.25) is 11.8 Å². The topological polar surface area (TPSA) is 65.6 Å². The van der Waals surface area contributed by atoms with Gasteiger partial charge in [0.15, 0.2) is 0 Å². The van der Waals surface area contributed by atoms with Crippen LogP contribution in [0.4, 0.5) is 0 Å². The van der Waals surface area contributed by atoms with Crippen LogP contribution >= 0.6 is 0 Å². The van der Waals surface area contributed by atoms with E-state index in [0.29, 0.717) is 19.6 Å². The zero-order chi connectivity index (χ0) is 20.2. The summed E-state index contributed by atoms with van der Waals surface area (Å²) in [5.74, 6) is 0.208. The molecule has 2 aliphatic heterocycles. The molecule has 3 heterocycles. The van der Waals surface area contributed by atoms with Crippen molar-refractivity contribution in [1.82, 2.24) is 14.8 Å². The normalized spacial score (nSPS) is 24.2. The van der Waals surface area contributed by atoms with E-state index in [1.54, 1.807) is 4.90 Å². The summed E-state index contributed by atoms with van der Waals surface area (Å²) in [4.78, 5) is 32.5. The van der Waals surface area contributed by atoms with Gasteiger partial charge in [0, 0.05) is 43.3 Å². The number of ether oxygens (including phenoxy) is 1. The van der Waals surface area contributed by atoms with E-state index in [2.05, 4.69) is 30.1 Å². The van der Waals surface area contributed by atoms with Gasteiger partial charge in [-0.1, -0.05) is 11.6 Å². The van der Waals surface area contributed by atoms with Gasteiger partial charge in [-0.15, -0.1) is 0 Å². The van der Waals surface area contributed by atoms with Crippen molar-refractivity contribution < 1.29 is 14.3 Å². The van der Waals surface area contributed by atoms with Crippen LogP contribution in [0.3, 0.4) is 0 Å². The molecule has 1 aromatic heterocycles. The molecule has 1 aliphatic carbocycles. The Balaban J connectivity index is 1.34. The molecule has 3 aliphatic rings. The molecule has 5 rings (SSSR count). The lowest BCUT2D eigenvalue weighted by Crippen LogP contribution is -2.58. The average molecular weight is 396 g/mol. The molecule has 6 nitrogen and oxygen atoms in total. The summed E-state index contributed by atoms with van der Waals surface area (Å²) in [5, 5.41) is 1.28. The summed E-state index contributed by atoms with van der Waals surface area (Å²) >= 11 is 0. The van der Waals surface area contributed by atoms with Crippen molar-refractivity contribution in [3.05, 3.63) is 35.0 Å². The van der Waals surface area contributed by atoms with E-state index in [1.165, 1.54) is 16.5 Å². The van der Waals surface area contributed by atoms with E-state index >= 15 is 0 Å². The van der Waals surface area contributed by atoms with E-state index in [9.17, 15) is 9.59 Å². The lowest BCUT2D eigenvalue weighted by molar-refractivity contribution is -0.171. The van der Waals surface area contributed by atoms with E-state index in [0.717, 1.165) is 43.3 Å². The Morgan fingerprint density at radius 1 is 1.28 bits per heavy atom. The molecule has 6 heteroatoms. The van der Waals surface area contributed by atoms with Crippen molar-refractivity contribution in [2.75, 3.05) is 33.3 Å². The van der Waals surface area contributed by atoms with E-state index in [4.69, 9.17) is 4.74 Å². The number of aromatic nitrogens is 1. The van der Waals surface area contributed by atoms with Gasteiger partial charge in [-0.3, -0.25) is 9.59 Å². The molecule has 2 amide bonds. The number of fused-ring (bicyclic) bond motifs is 3. The highest BCUT2D eigenvalue weighted by molar-refractivity contribution is 5.91. The highest BCUT2D eigenvalue weighted by Gasteiger charge is 2.43. The molecule has 0 bridgehead atoms. The number of H-pyrrole nitrogens is 1. The SMILES string of the molecule is Cc1ccc2[nH]c3c(c2c1)CCCC3C(=O)N1CCC2(CC1)CN(C)C(=O)CO2. The first kappa shape index (κ1) is 18.7. The van der Waals surface area contributed by atoms with Gasteiger partial charge in [0.1, 0.15) is 6.61 Å². The lowest BCUT2D eigenvalue weighted by Gasteiger charge is -2.46. The highest BCUT2D eigenvalue weighted by Crippen LogP contribution is 2.38. The largest absolute Gasteiger partial charge is 0.363 e. The second-order valence-electron chi connectivity index (χ2n) is 9.06. The van der Waals surface area contributed by atoms with E-state index in [1.807, 2.05) is 11.9 Å². The molecule has 1 atom stereocenters. The third kappa shape index (κ3) is 3.14. The number of rotatable bonds is 1. The molecule has 1 N–H and O–H groups in total. The molecule has 2 fully saturated rings. The summed E-state index contributed by atoms with van der Waals surface area (Å²) in [5.41, 5.74) is 4.57. The van der Waals surface area contributed by atoms with Gasteiger partial charge >= 0.3 is 0 Å². The number of hydrogen-bond donors (Lipinski definition) is 1. The van der Waals surface area contributed by atoms with Crippen molar-refractivity contribution in [2.24, 2.45) is 0 Å². The molecule has 1 aromatic carbocycles. The summed E-state index contributed by atoms with van der Waals surface area (Å²) in [7, 11) is 1.84. The number of nitrogens with zero attached hydrogens (tertiary/aromatic N) is 2. The van der Waals surface area contributed by atoms with Gasteiger partial charge in [-0.25, -0.2) is 0 Å². The molecular formula is C23H29N3O3. The monoisotopic (exact) mass is 395 g/mol. The van der Waals surface area contributed by atoms with Crippen LogP contribution in [0.15, 0.2) is 18.2 Å². The number of nitrogens with one attached hydrogen (secondary N) is 1. The Hall–Kier alpha value is -2.34. The maximum Gasteiger partial charge on any atom is 0.248 e. The molecule has 29 heavy (non-hydrogen) atoms. The average Bonchev–Trinajstić information content (AvgIpc) is 3.09. The molecule has 2 saturated heterocycles. The fourth-order valence-electron chi connectivity index (χ4n) is 5.37. The molecule has 154 valence electrons. The fraction of sp³-hybridized carbons (Fsp3) is 0.565. The summed E-state index contributed by atoms with van der Waals surface area (Å²) in [6.45, 7) is 4.30. The number of aryl methyl sites for hydroxylation is 2. The van der Waals surface area contributed by atoms with Crippen molar-refractivity contribution in [1.29, 1.82) is 0 Å². The quantitative estimate of drug-likeness (QED) is 0.807. The Kier molecular flexibility index (Phi) is 4.42. The fourth-order valence-corrected chi connectivity index (χ4v) is 5.37. The van der Waals surface area contributed by atoms with Crippen LogP contribution in [0.25, 0.3) is 10.9 Å². The number of piperidine rings is 1. The third-order valence-electron chi connectivity index (χ3n) is 7.10. The summed E-state index contributed by atoms with van der Waals surface area (Å²) < 4.78 is 5.93. The minimum Gasteiger partial charge on any atom is -0.363 e. The second-order valence-corrected chi connectivity index (χ2v) is 9.06. The van der Waals surface area contributed by atoms with Gasteiger partial charge in [-0.05, 0) is 56.7 Å². The molecule has 0 radical (unpaired) electrons. The predicted molar refractivity (Wildman–Crippen MR) is 111 cm³/mol. The van der Waals surface area contributed by atoms with Crippen LogP contribution < -0.4 is 0 Å². The molecule has 2 aromatic rings. The first-order valence-electron chi connectivity index (χ1n) is 10.7. The maximum absolute atomic E-state index is 13.4. The first-order chi connectivity index (χ1) is 14.0. The molecule has 0 saturated carbocycles. The van der Waals surface area contributed by atoms with Crippen molar-refractivity contribution in [2.45, 2.75) is 50.5 Å². The number of likely N-dealkylation sites (N-methyl/N-ethyl adjacent to an activating group) is 1. The standard InChI is InChI=1S/C23H29N3O3/c1-15-6-7-19-18(12-15)16-4-3-5-17(21(16)24-19)22(28)26-10-8-23(9-11-26)14-25(2)20(27)13-29-23/h6-7,12,17,24H,3-5,8-11,13-14H2,1-2H3. The molecule has 1 spiro atoms. The van der Waals surface area contributed by atoms with Crippen molar-refractivity contribution in [3.8, 4) is 0 Å². The number of hydrogen-bond acceptors (Lipinski definition) is 3. The van der Waals surface area contributed by atoms with E-state index in [-0.39, 0.29) is 29.9 Å².